The monoisotopic (exact) mass is 483 g/mol. The van der Waals surface area contributed by atoms with Gasteiger partial charge in [-0.2, -0.15) is 5.10 Å². The minimum Gasteiger partial charge on any atom is -0.462 e. The number of ether oxygens (including phenoxy) is 1. The summed E-state index contributed by atoms with van der Waals surface area (Å²) in [5.74, 6) is -3.96. The summed E-state index contributed by atoms with van der Waals surface area (Å²) in [4.78, 5) is 25.8. The molecule has 0 bridgehead atoms. The average Bonchev–Trinajstić information content (AvgIpc) is 3.47. The standard InChI is InChI=1S/C26H24F3N3O3/c1-2-35-24(33)19-11-17(12-22(29)23(19)15-13-30-32(14-15)18-4-3-5-18)31-25(34)26(8-9-26)16-6-7-20(27)21(28)10-16/h6-7,10-14,18H,2-5,8-9H2,1H3,(H,31,34). The molecule has 0 unspecified atom stereocenters. The number of halogens is 3. The zero-order valence-electron chi connectivity index (χ0n) is 19.1. The van der Waals surface area contributed by atoms with Crippen molar-refractivity contribution in [2.24, 2.45) is 0 Å². The van der Waals surface area contributed by atoms with Crippen LogP contribution in [0.3, 0.4) is 0 Å². The van der Waals surface area contributed by atoms with Crippen LogP contribution < -0.4 is 5.32 Å². The Morgan fingerprint density at radius 2 is 1.89 bits per heavy atom. The van der Waals surface area contributed by atoms with Gasteiger partial charge in [-0.3, -0.25) is 9.48 Å². The molecule has 35 heavy (non-hydrogen) atoms. The minimum atomic E-state index is -1.04. The predicted octanol–water partition coefficient (Wildman–Crippen LogP) is 5.54. The van der Waals surface area contributed by atoms with Crippen LogP contribution in [0.15, 0.2) is 42.7 Å². The van der Waals surface area contributed by atoms with Crippen molar-refractivity contribution in [3.63, 3.8) is 0 Å². The van der Waals surface area contributed by atoms with Gasteiger partial charge in [0.25, 0.3) is 0 Å². The first-order chi connectivity index (χ1) is 16.8. The maximum Gasteiger partial charge on any atom is 0.338 e. The zero-order valence-corrected chi connectivity index (χ0v) is 19.1. The molecular formula is C26H24F3N3O3. The van der Waals surface area contributed by atoms with E-state index in [0.29, 0.717) is 24.0 Å². The molecule has 0 atom stereocenters. The smallest absolute Gasteiger partial charge is 0.338 e. The highest BCUT2D eigenvalue weighted by molar-refractivity contribution is 6.04. The van der Waals surface area contributed by atoms with Crippen molar-refractivity contribution in [2.75, 3.05) is 11.9 Å². The molecule has 1 heterocycles. The Bertz CT molecular complexity index is 1310. The summed E-state index contributed by atoms with van der Waals surface area (Å²) >= 11 is 0. The molecule has 0 radical (unpaired) electrons. The van der Waals surface area contributed by atoms with Gasteiger partial charge in [0.15, 0.2) is 11.6 Å². The molecule has 2 aromatic carbocycles. The summed E-state index contributed by atoms with van der Waals surface area (Å²) in [6, 6.07) is 6.14. The lowest BCUT2D eigenvalue weighted by molar-refractivity contribution is -0.118. The van der Waals surface area contributed by atoms with Crippen molar-refractivity contribution in [3.05, 3.63) is 71.3 Å². The number of benzene rings is 2. The number of anilines is 1. The SMILES string of the molecule is CCOC(=O)c1cc(NC(=O)C2(c3ccc(F)c(F)c3)CC2)cc(F)c1-c1cnn(C2CCC2)c1. The first-order valence-electron chi connectivity index (χ1n) is 11.6. The van der Waals surface area contributed by atoms with E-state index in [2.05, 4.69) is 10.4 Å². The summed E-state index contributed by atoms with van der Waals surface area (Å²) < 4.78 is 49.4. The predicted molar refractivity (Wildman–Crippen MR) is 122 cm³/mol. The molecule has 0 spiro atoms. The highest BCUT2D eigenvalue weighted by Crippen LogP contribution is 2.49. The first kappa shape index (κ1) is 23.1. The van der Waals surface area contributed by atoms with E-state index >= 15 is 4.39 Å². The third-order valence-corrected chi connectivity index (χ3v) is 6.84. The molecule has 3 aromatic rings. The fourth-order valence-electron chi connectivity index (χ4n) is 4.48. The molecule has 0 aliphatic heterocycles. The van der Waals surface area contributed by atoms with E-state index in [0.717, 1.165) is 37.5 Å². The van der Waals surface area contributed by atoms with Crippen LogP contribution in [0, 0.1) is 17.5 Å². The number of carbonyl (C=O) groups is 2. The van der Waals surface area contributed by atoms with E-state index < -0.39 is 34.7 Å². The molecule has 6 nitrogen and oxygen atoms in total. The number of nitrogens with zero attached hydrogens (tertiary/aromatic N) is 2. The van der Waals surface area contributed by atoms with Gasteiger partial charge < -0.3 is 10.1 Å². The number of hydrogen-bond donors (Lipinski definition) is 1. The maximum absolute atomic E-state index is 15.4. The molecule has 0 saturated heterocycles. The van der Waals surface area contributed by atoms with Crippen molar-refractivity contribution in [1.82, 2.24) is 9.78 Å². The molecule has 5 rings (SSSR count). The van der Waals surface area contributed by atoms with Gasteiger partial charge >= 0.3 is 5.97 Å². The van der Waals surface area contributed by atoms with Crippen LogP contribution in [0.25, 0.3) is 11.1 Å². The van der Waals surface area contributed by atoms with Gasteiger partial charge in [-0.15, -0.1) is 0 Å². The largest absolute Gasteiger partial charge is 0.462 e. The van der Waals surface area contributed by atoms with Crippen LogP contribution in [0.2, 0.25) is 0 Å². The summed E-state index contributed by atoms with van der Waals surface area (Å²) in [5.41, 5.74) is -0.158. The third kappa shape index (κ3) is 4.19. The Hall–Kier alpha value is -3.62. The molecule has 1 amide bonds. The summed E-state index contributed by atoms with van der Waals surface area (Å²) in [7, 11) is 0. The fraction of sp³-hybridized carbons (Fsp3) is 0.346. The summed E-state index contributed by atoms with van der Waals surface area (Å²) in [5, 5.41) is 6.98. The van der Waals surface area contributed by atoms with Crippen molar-refractivity contribution < 1.29 is 27.5 Å². The molecule has 2 aliphatic carbocycles. The fourth-order valence-corrected chi connectivity index (χ4v) is 4.48. The van der Waals surface area contributed by atoms with Crippen molar-refractivity contribution in [3.8, 4) is 11.1 Å². The summed E-state index contributed by atoms with van der Waals surface area (Å²) in [6.07, 6.45) is 7.22. The van der Waals surface area contributed by atoms with E-state index in [-0.39, 0.29) is 29.5 Å². The van der Waals surface area contributed by atoms with Crippen LogP contribution in [-0.4, -0.2) is 28.3 Å². The molecule has 2 aliphatic rings. The lowest BCUT2D eigenvalue weighted by atomic mass is 9.93. The lowest BCUT2D eigenvalue weighted by Crippen LogP contribution is -2.28. The van der Waals surface area contributed by atoms with Crippen LogP contribution in [-0.2, 0) is 14.9 Å². The van der Waals surface area contributed by atoms with Gasteiger partial charge in [0, 0.05) is 23.0 Å². The first-order valence-corrected chi connectivity index (χ1v) is 11.6. The molecule has 2 saturated carbocycles. The highest BCUT2D eigenvalue weighted by Gasteiger charge is 2.51. The quantitative estimate of drug-likeness (QED) is 0.448. The number of nitrogens with one attached hydrogen (secondary N) is 1. The van der Waals surface area contributed by atoms with Crippen molar-refractivity contribution in [2.45, 2.75) is 50.5 Å². The molecule has 1 aromatic heterocycles. The number of aromatic nitrogens is 2. The van der Waals surface area contributed by atoms with Gasteiger partial charge in [-0.25, -0.2) is 18.0 Å². The second-order valence-corrected chi connectivity index (χ2v) is 9.06. The number of carbonyl (C=O) groups excluding carboxylic acids is 2. The highest BCUT2D eigenvalue weighted by atomic mass is 19.2. The Kier molecular flexibility index (Phi) is 5.86. The number of esters is 1. The Morgan fingerprint density at radius 3 is 2.51 bits per heavy atom. The van der Waals surface area contributed by atoms with Crippen LogP contribution in [0.5, 0.6) is 0 Å². The Balaban J connectivity index is 1.47. The van der Waals surface area contributed by atoms with E-state index in [4.69, 9.17) is 4.74 Å². The van der Waals surface area contributed by atoms with Crippen molar-refractivity contribution in [1.29, 1.82) is 0 Å². The van der Waals surface area contributed by atoms with Gasteiger partial charge in [0.2, 0.25) is 5.91 Å². The van der Waals surface area contributed by atoms with Gasteiger partial charge in [0.05, 0.1) is 29.8 Å². The molecule has 182 valence electrons. The Labute approximate surface area is 200 Å². The minimum absolute atomic E-state index is 0.0343. The van der Waals surface area contributed by atoms with Gasteiger partial charge in [0.1, 0.15) is 5.82 Å². The van der Waals surface area contributed by atoms with E-state index in [9.17, 15) is 18.4 Å². The van der Waals surface area contributed by atoms with Crippen LogP contribution in [0.1, 0.15) is 61.0 Å². The normalized spacial score (nSPS) is 16.5. The van der Waals surface area contributed by atoms with Gasteiger partial charge in [-0.1, -0.05) is 6.07 Å². The van der Waals surface area contributed by atoms with Crippen LogP contribution in [0.4, 0.5) is 18.9 Å². The second kappa shape index (κ2) is 8.87. The number of rotatable bonds is 7. The third-order valence-electron chi connectivity index (χ3n) is 6.84. The molecule has 9 heteroatoms. The second-order valence-electron chi connectivity index (χ2n) is 9.06. The maximum atomic E-state index is 15.4. The number of amides is 1. The Morgan fingerprint density at radius 1 is 1.11 bits per heavy atom. The average molecular weight is 483 g/mol. The van der Waals surface area contributed by atoms with E-state index in [1.165, 1.54) is 18.3 Å². The van der Waals surface area contributed by atoms with Crippen molar-refractivity contribution >= 4 is 17.6 Å². The van der Waals surface area contributed by atoms with E-state index in [1.807, 2.05) is 0 Å². The number of hydrogen-bond acceptors (Lipinski definition) is 4. The molecule has 1 N–H and O–H groups in total. The lowest BCUT2D eigenvalue weighted by Gasteiger charge is -2.25. The summed E-state index contributed by atoms with van der Waals surface area (Å²) in [6.45, 7) is 1.74. The molecular weight excluding hydrogens is 459 g/mol. The van der Waals surface area contributed by atoms with Gasteiger partial charge in [-0.05, 0) is 68.9 Å². The topological polar surface area (TPSA) is 73.2 Å². The van der Waals surface area contributed by atoms with Crippen LogP contribution >= 0.6 is 0 Å². The zero-order chi connectivity index (χ0) is 24.7. The molecule has 2 fully saturated rings. The van der Waals surface area contributed by atoms with E-state index in [1.54, 1.807) is 17.8 Å².